The molecule has 0 aliphatic carbocycles. The number of rotatable bonds is 8. The fourth-order valence-corrected chi connectivity index (χ4v) is 8.28. The third-order valence-corrected chi connectivity index (χ3v) is 10.7. The first-order valence-corrected chi connectivity index (χ1v) is 18.6. The van der Waals surface area contributed by atoms with Gasteiger partial charge in [-0.05, 0) is 79.2 Å². The molecular weight excluding hydrogens is 687 g/mol. The number of para-hydroxylation sites is 5. The topological polar surface area (TPSA) is 54.4 Å². The van der Waals surface area contributed by atoms with E-state index in [0.29, 0.717) is 6.42 Å². The van der Waals surface area contributed by atoms with Crippen molar-refractivity contribution in [1.29, 1.82) is 5.26 Å². The average Bonchev–Trinajstić information content (AvgIpc) is 3.90. The van der Waals surface area contributed by atoms with Crippen molar-refractivity contribution in [3.63, 3.8) is 0 Å². The largest absolute Gasteiger partial charge is 0.455 e. The molecule has 10 aromatic rings. The first-order valence-electron chi connectivity index (χ1n) is 18.6. The van der Waals surface area contributed by atoms with Crippen LogP contribution < -0.4 is 4.90 Å². The Kier molecular flexibility index (Phi) is 7.95. The van der Waals surface area contributed by atoms with E-state index < -0.39 is 5.92 Å². The lowest BCUT2D eigenvalue weighted by Gasteiger charge is -2.25. The van der Waals surface area contributed by atoms with E-state index in [0.717, 1.165) is 88.3 Å². The van der Waals surface area contributed by atoms with Crippen LogP contribution in [0.4, 0.5) is 17.1 Å². The first kappa shape index (κ1) is 32.8. The van der Waals surface area contributed by atoms with Crippen LogP contribution in [-0.4, -0.2) is 9.13 Å². The van der Waals surface area contributed by atoms with E-state index in [1.165, 1.54) is 0 Å². The summed E-state index contributed by atoms with van der Waals surface area (Å²) in [5, 5.41) is 17.0. The molecule has 0 aliphatic heterocycles. The second-order valence-corrected chi connectivity index (χ2v) is 13.9. The Morgan fingerprint density at radius 1 is 0.643 bits per heavy atom. The zero-order valence-corrected chi connectivity index (χ0v) is 30.2. The van der Waals surface area contributed by atoms with Crippen molar-refractivity contribution in [3.8, 4) is 6.07 Å². The van der Waals surface area contributed by atoms with Gasteiger partial charge < -0.3 is 18.5 Å². The maximum Gasteiger partial charge on any atom is 0.173 e. The lowest BCUT2D eigenvalue weighted by atomic mass is 10.0. The molecule has 0 spiro atoms. The predicted molar refractivity (Wildman–Crippen MR) is 231 cm³/mol. The molecule has 3 aromatic heterocycles. The van der Waals surface area contributed by atoms with Crippen molar-refractivity contribution in [2.45, 2.75) is 6.42 Å². The number of nitriles is 1. The third-order valence-electron chi connectivity index (χ3n) is 10.7. The van der Waals surface area contributed by atoms with Crippen molar-refractivity contribution in [1.82, 2.24) is 9.13 Å². The molecule has 0 saturated carbocycles. The molecule has 0 saturated heterocycles. The van der Waals surface area contributed by atoms with Crippen LogP contribution in [0.3, 0.4) is 0 Å². The Labute approximate surface area is 323 Å². The van der Waals surface area contributed by atoms with Crippen molar-refractivity contribution in [3.05, 3.63) is 187 Å². The molecule has 7 aromatic carbocycles. The fraction of sp³-hybridized carbons (Fsp3) is 0.0400. The van der Waals surface area contributed by atoms with E-state index in [4.69, 9.17) is 11.0 Å². The van der Waals surface area contributed by atoms with E-state index in [1.807, 2.05) is 66.9 Å². The molecule has 0 aliphatic rings. The Bertz CT molecular complexity index is 3170. The minimum absolute atomic E-state index is 0.357. The van der Waals surface area contributed by atoms with Crippen LogP contribution in [0.25, 0.3) is 82.3 Å². The van der Waals surface area contributed by atoms with Crippen molar-refractivity contribution in [2.24, 2.45) is 5.92 Å². The first-order chi connectivity index (χ1) is 27.7. The molecule has 10 rings (SSSR count). The van der Waals surface area contributed by atoms with Gasteiger partial charge in [-0.15, -0.1) is 0 Å². The van der Waals surface area contributed by atoms with Crippen molar-refractivity contribution in [2.75, 3.05) is 4.90 Å². The fourth-order valence-electron chi connectivity index (χ4n) is 8.28. The number of fused-ring (bicyclic) bond motifs is 10. The van der Waals surface area contributed by atoms with Gasteiger partial charge in [-0.1, -0.05) is 97.1 Å². The summed E-state index contributed by atoms with van der Waals surface area (Å²) < 4.78 is 11.0. The van der Waals surface area contributed by atoms with Crippen LogP contribution in [0, 0.1) is 23.8 Å². The highest BCUT2D eigenvalue weighted by Crippen LogP contribution is 2.43. The molecule has 264 valence electrons. The van der Waals surface area contributed by atoms with Crippen LogP contribution >= 0.6 is 0 Å². The van der Waals surface area contributed by atoms with Gasteiger partial charge in [-0.3, -0.25) is 0 Å². The van der Waals surface area contributed by atoms with E-state index in [9.17, 15) is 5.26 Å². The maximum absolute atomic E-state index is 10.6. The Balaban J connectivity index is 1.14. The number of furan rings is 1. The molecule has 1 unspecified atom stereocenters. The normalized spacial score (nSPS) is 12.6. The maximum atomic E-state index is 10.6. The second-order valence-electron chi connectivity index (χ2n) is 13.9. The highest BCUT2D eigenvalue weighted by molar-refractivity contribution is 6.24. The van der Waals surface area contributed by atoms with E-state index in [2.05, 4.69) is 134 Å². The zero-order valence-electron chi connectivity index (χ0n) is 30.2. The smallest absolute Gasteiger partial charge is 0.173 e. The molecule has 0 bridgehead atoms. The molecule has 0 fully saturated rings. The van der Waals surface area contributed by atoms with E-state index in [1.54, 1.807) is 6.20 Å². The number of hydrogen-bond donors (Lipinski definition) is 0. The van der Waals surface area contributed by atoms with Crippen LogP contribution in [0.2, 0.25) is 0 Å². The molecule has 0 N–H and O–H groups in total. The van der Waals surface area contributed by atoms with Crippen LogP contribution in [-0.2, 0) is 0 Å². The Morgan fingerprint density at radius 2 is 1.25 bits per heavy atom. The third kappa shape index (κ3) is 5.32. The van der Waals surface area contributed by atoms with Gasteiger partial charge in [0, 0.05) is 55.9 Å². The van der Waals surface area contributed by atoms with Gasteiger partial charge >= 0.3 is 0 Å². The number of allylic oxidation sites excluding steroid dienone is 2. The lowest BCUT2D eigenvalue weighted by molar-refractivity contribution is 0.673. The number of anilines is 3. The Morgan fingerprint density at radius 3 is 1.91 bits per heavy atom. The molecule has 3 heterocycles. The monoisotopic (exact) mass is 719 g/mol. The van der Waals surface area contributed by atoms with Gasteiger partial charge in [0.2, 0.25) is 0 Å². The number of aromatic nitrogens is 2. The summed E-state index contributed by atoms with van der Waals surface area (Å²) in [6.07, 6.45) is 5.89. The van der Waals surface area contributed by atoms with Crippen molar-refractivity contribution < 1.29 is 4.42 Å². The highest BCUT2D eigenvalue weighted by atomic mass is 16.3. The molecule has 6 nitrogen and oxygen atoms in total. The summed E-state index contributed by atoms with van der Waals surface area (Å²) in [7, 11) is 0. The minimum atomic E-state index is -0.517. The van der Waals surface area contributed by atoms with E-state index >= 15 is 0 Å². The SMILES string of the molecule is [C-]#[N+]/C=C(/CC(C#N)/C=C/n1c2ccc(N(c3ccccc3)c3ccccc3)cc2c2c3oc4ccccc4c3ccc21)n1c2ccccc2c2ccccc21. The van der Waals surface area contributed by atoms with Gasteiger partial charge in [0.25, 0.3) is 0 Å². The molecule has 0 radical (unpaired) electrons. The van der Waals surface area contributed by atoms with E-state index in [-0.39, 0.29) is 0 Å². The predicted octanol–water partition coefficient (Wildman–Crippen LogP) is 13.7. The number of nitrogens with zero attached hydrogens (tertiary/aromatic N) is 5. The molecule has 56 heavy (non-hydrogen) atoms. The van der Waals surface area contributed by atoms with Gasteiger partial charge in [-0.25, -0.2) is 4.85 Å². The average molecular weight is 720 g/mol. The van der Waals surface area contributed by atoms with Gasteiger partial charge in [-0.2, -0.15) is 5.26 Å². The van der Waals surface area contributed by atoms with Crippen LogP contribution in [0.1, 0.15) is 6.42 Å². The quantitative estimate of drug-likeness (QED) is 0.147. The summed E-state index contributed by atoms with van der Waals surface area (Å²) in [6.45, 7) is 7.83. The van der Waals surface area contributed by atoms with Gasteiger partial charge in [0.15, 0.2) is 6.20 Å². The summed E-state index contributed by atoms with van der Waals surface area (Å²) >= 11 is 0. The standard InChI is InChI=1S/C50H33N5O/c1-52-33-38(55-45-21-11-8-18-39(45)40-19-9-12-22-46(40)55)30-34(32-51)28-29-53-44-26-24-37(54(35-14-4-2-5-15-35)36-16-6-3-7-17-36)31-43(44)49-47(53)27-25-42-41-20-10-13-23-48(41)56-50(42)49/h2-29,31,33-34H,30H2/b29-28+,38-33-. The van der Waals surface area contributed by atoms with Crippen LogP contribution in [0.15, 0.2) is 180 Å². The molecule has 0 amide bonds. The highest BCUT2D eigenvalue weighted by Gasteiger charge is 2.21. The molecule has 1 atom stereocenters. The van der Waals surface area contributed by atoms with Crippen molar-refractivity contribution >= 4 is 94.5 Å². The number of hydrogen-bond acceptors (Lipinski definition) is 3. The number of benzene rings is 7. The van der Waals surface area contributed by atoms with Gasteiger partial charge in [0.1, 0.15) is 11.2 Å². The summed E-state index contributed by atoms with van der Waals surface area (Å²) in [4.78, 5) is 5.98. The Hall–Kier alpha value is -7.80. The lowest BCUT2D eigenvalue weighted by Crippen LogP contribution is -2.09. The second kappa shape index (κ2) is 13.6. The summed E-state index contributed by atoms with van der Waals surface area (Å²) in [6, 6.07) is 58.8. The van der Waals surface area contributed by atoms with Crippen LogP contribution in [0.5, 0.6) is 0 Å². The zero-order chi connectivity index (χ0) is 37.6. The summed E-state index contributed by atoms with van der Waals surface area (Å²) in [5.41, 5.74) is 9.55. The molecule has 6 heteroatoms. The minimum Gasteiger partial charge on any atom is -0.455 e. The summed E-state index contributed by atoms with van der Waals surface area (Å²) in [5.74, 6) is -0.517. The van der Waals surface area contributed by atoms with Gasteiger partial charge in [0.05, 0.1) is 46.0 Å². The molecular formula is C50H33N5O.